The molecule has 0 radical (unpaired) electrons. The Morgan fingerprint density at radius 3 is 0.656 bits per heavy atom. The van der Waals surface area contributed by atoms with Gasteiger partial charge in [0.25, 0.3) is 0 Å². The normalized spacial score (nSPS) is 13.8. The van der Waals surface area contributed by atoms with Crippen molar-refractivity contribution in [1.82, 2.24) is 0 Å². The summed E-state index contributed by atoms with van der Waals surface area (Å²) in [7, 11) is 0. The van der Waals surface area contributed by atoms with Crippen molar-refractivity contribution in [2.45, 2.75) is 105 Å². The lowest BCUT2D eigenvalue weighted by molar-refractivity contribution is 0.304. The molecule has 8 bridgehead atoms. The molecule has 96 heavy (non-hydrogen) atoms. The van der Waals surface area contributed by atoms with Gasteiger partial charge in [-0.05, 0) is 193 Å². The number of hydrogen-bond donors (Lipinski definition) is 0. The van der Waals surface area contributed by atoms with Crippen LogP contribution in [0, 0.1) is 47.4 Å². The van der Waals surface area contributed by atoms with Gasteiger partial charge in [0.15, 0.2) is 0 Å². The van der Waals surface area contributed by atoms with E-state index < -0.39 is 0 Å². The zero-order valence-electron chi connectivity index (χ0n) is 55.7. The molecule has 0 saturated heterocycles. The largest absolute Gasteiger partial charge is 0.493 e. The molecule has 0 unspecified atom stereocenters. The summed E-state index contributed by atoms with van der Waals surface area (Å²) in [6, 6.07) is 52.4. The lowest BCUT2D eigenvalue weighted by Gasteiger charge is -2.24. The molecule has 4 nitrogen and oxygen atoms in total. The third kappa shape index (κ3) is 15.7. The van der Waals surface area contributed by atoms with Crippen molar-refractivity contribution in [3.63, 3.8) is 0 Å². The van der Waals surface area contributed by atoms with E-state index in [0.29, 0.717) is 52.1 Å². The van der Waals surface area contributed by atoms with Crippen LogP contribution < -0.4 is 18.9 Å². The summed E-state index contributed by atoms with van der Waals surface area (Å²) in [6.45, 7) is 10.8. The molecule has 0 aliphatic heterocycles. The Kier molecular flexibility index (Phi) is 20.6. The minimum absolute atomic E-state index is 0.473. The minimum Gasteiger partial charge on any atom is -0.493 e. The highest BCUT2D eigenvalue weighted by Gasteiger charge is 2.25. The maximum atomic E-state index is 7.15. The average Bonchev–Trinajstić information content (AvgIpc) is 1.14. The highest BCUT2D eigenvalue weighted by molar-refractivity contribution is 5.75. The van der Waals surface area contributed by atoms with E-state index in [1.54, 1.807) is 0 Å². The van der Waals surface area contributed by atoms with Gasteiger partial charge in [0.2, 0.25) is 0 Å². The molecule has 0 heterocycles. The quantitative estimate of drug-likeness (QED) is 0.0904. The minimum atomic E-state index is 0.473. The zero-order valence-corrected chi connectivity index (χ0v) is 55.7. The van der Waals surface area contributed by atoms with Crippen LogP contribution >= 0.6 is 0 Å². The number of benzene rings is 8. The van der Waals surface area contributed by atoms with Gasteiger partial charge in [0.1, 0.15) is 23.0 Å². The molecule has 0 aromatic heterocycles. The van der Waals surface area contributed by atoms with E-state index in [4.69, 9.17) is 18.9 Å². The Labute approximate surface area is 569 Å². The molecule has 5 aliphatic carbocycles. The van der Waals surface area contributed by atoms with Gasteiger partial charge in [-0.3, -0.25) is 0 Å². The van der Waals surface area contributed by atoms with Gasteiger partial charge in [-0.25, -0.2) is 0 Å². The van der Waals surface area contributed by atoms with Gasteiger partial charge in [-0.2, -0.15) is 0 Å². The van der Waals surface area contributed by atoms with Crippen molar-refractivity contribution in [2.24, 2.45) is 0 Å². The molecule has 4 heteroatoms. The average molecular weight is 1250 g/mol. The first-order chi connectivity index (χ1) is 47.3. The first-order valence-corrected chi connectivity index (χ1v) is 34.4. The molecule has 0 saturated carbocycles. The molecule has 5 aliphatic rings. The van der Waals surface area contributed by atoms with Crippen LogP contribution in [-0.4, -0.2) is 26.4 Å². The number of rotatable bonds is 16. The third-order valence-corrected chi connectivity index (χ3v) is 17.7. The zero-order chi connectivity index (χ0) is 65.4. The number of fused-ring (bicyclic) bond motifs is 8. The van der Waals surface area contributed by atoms with Gasteiger partial charge in [-0.15, -0.1) is 0 Å². The van der Waals surface area contributed by atoms with Gasteiger partial charge in [0.05, 0.1) is 26.4 Å². The Morgan fingerprint density at radius 1 is 0.260 bits per heavy atom. The summed E-state index contributed by atoms with van der Waals surface area (Å²) in [6.07, 6.45) is 35.0. The van der Waals surface area contributed by atoms with Crippen LogP contribution in [0.15, 0.2) is 219 Å². The van der Waals surface area contributed by atoms with Crippen LogP contribution in [0.25, 0.3) is 22.3 Å². The maximum Gasteiger partial charge on any atom is 0.126 e. The van der Waals surface area contributed by atoms with Crippen molar-refractivity contribution in [2.75, 3.05) is 26.4 Å². The molecule has 0 fully saturated rings. The predicted octanol–water partition coefficient (Wildman–Crippen LogP) is 20.5. The van der Waals surface area contributed by atoms with E-state index in [0.717, 1.165) is 163 Å². The van der Waals surface area contributed by atoms with E-state index in [-0.39, 0.29) is 0 Å². The van der Waals surface area contributed by atoms with E-state index in [9.17, 15) is 0 Å². The van der Waals surface area contributed by atoms with Crippen molar-refractivity contribution in [3.05, 3.63) is 330 Å². The Hall–Kier alpha value is -10.9. The molecular weight excluding hydrogens is 1170 g/mol. The summed E-state index contributed by atoms with van der Waals surface area (Å²) in [5.41, 5.74) is 25.3. The second-order valence-corrected chi connectivity index (χ2v) is 25.2. The van der Waals surface area contributed by atoms with E-state index in [2.05, 4.69) is 294 Å². The summed E-state index contributed by atoms with van der Waals surface area (Å²) < 4.78 is 28.6. The van der Waals surface area contributed by atoms with Gasteiger partial charge >= 0.3 is 0 Å². The topological polar surface area (TPSA) is 36.9 Å². The van der Waals surface area contributed by atoms with Crippen LogP contribution in [0.4, 0.5) is 0 Å². The molecule has 8 aromatic carbocycles. The summed E-state index contributed by atoms with van der Waals surface area (Å²) >= 11 is 0. The molecule has 8 aromatic rings. The monoisotopic (exact) mass is 1250 g/mol. The Balaban J connectivity index is 1.05. The lowest BCUT2D eigenvalue weighted by atomic mass is 9.88. The summed E-state index contributed by atoms with van der Waals surface area (Å²) in [4.78, 5) is 0. The smallest absolute Gasteiger partial charge is 0.126 e. The van der Waals surface area contributed by atoms with E-state index in [1.807, 2.05) is 0 Å². The van der Waals surface area contributed by atoms with Crippen molar-refractivity contribution in [1.29, 1.82) is 0 Å². The standard InChI is InChI=1S/C92H80O4/c1-5-45-93-89-81-53-69(41-37-65-21-17-33-77(49-65)73-25-9-10-26-73)54-82(89)62-84-56-71(43-39-67-23-19-35-79(51-67)75-29-13-14-30-75)58-86(91(84)95-47-7-3)64-88-60-72(44-40-68-24-20-36-80(52-68)76-31-15-16-32-76)59-87(92(88)96-48-8-4)63-85-57-70(55-83(61-81)90(85)94-46-6-2)42-38-66-22-18-34-78(50-66)74-27-11-12-28-74/h9-25,27,29,31,33-36,49-60H,5-8,26,28,30,32,45-48,61-64H2,1-4H3. The molecule has 0 N–H and O–H groups in total. The van der Waals surface area contributed by atoms with Crippen molar-refractivity contribution in [3.8, 4) is 70.4 Å². The first kappa shape index (κ1) is 63.9. The van der Waals surface area contributed by atoms with E-state index >= 15 is 0 Å². The van der Waals surface area contributed by atoms with Crippen molar-refractivity contribution >= 4 is 22.3 Å². The fourth-order valence-electron chi connectivity index (χ4n) is 13.1. The highest BCUT2D eigenvalue weighted by Crippen LogP contribution is 2.42. The lowest BCUT2D eigenvalue weighted by Crippen LogP contribution is -2.11. The summed E-state index contributed by atoms with van der Waals surface area (Å²) in [5, 5.41) is 0. The van der Waals surface area contributed by atoms with Crippen LogP contribution in [-0.2, 0) is 25.7 Å². The van der Waals surface area contributed by atoms with Crippen LogP contribution in [0.1, 0.15) is 190 Å². The second-order valence-electron chi connectivity index (χ2n) is 25.2. The Bertz CT molecular complexity index is 4130. The van der Waals surface area contributed by atoms with Gasteiger partial charge < -0.3 is 18.9 Å². The third-order valence-electron chi connectivity index (χ3n) is 17.7. The molecular formula is C92H80O4. The molecule has 13 rings (SSSR count). The fraction of sp³-hybridized carbons (Fsp3) is 0.217. The molecule has 472 valence electrons. The number of hydrogen-bond acceptors (Lipinski definition) is 4. The predicted molar refractivity (Wildman–Crippen MR) is 397 cm³/mol. The first-order valence-electron chi connectivity index (χ1n) is 34.4. The van der Waals surface area contributed by atoms with Gasteiger partial charge in [-0.1, -0.05) is 197 Å². The van der Waals surface area contributed by atoms with E-state index in [1.165, 1.54) is 44.5 Å². The number of allylic oxidation sites excluding steroid dienone is 16. The number of ether oxygens (including phenoxy) is 4. The fourth-order valence-corrected chi connectivity index (χ4v) is 13.1. The van der Waals surface area contributed by atoms with Gasteiger partial charge in [0, 0.05) is 115 Å². The van der Waals surface area contributed by atoms with Crippen LogP contribution in [0.5, 0.6) is 23.0 Å². The van der Waals surface area contributed by atoms with Crippen LogP contribution in [0.3, 0.4) is 0 Å². The molecule has 0 spiro atoms. The molecule has 0 amide bonds. The molecule has 0 atom stereocenters. The SMILES string of the molecule is CCCOc1c2cc(C#Cc3cccc(C4=CC=CC4)c3)cc1Cc1cc(C#Cc3cccc(C4=CC=CC4)c3)cc(c1OCCC)Cc1cc(C#Cc3cccc(C4=CC=CC4)c3)cc(c1OCCC)Cc1cc(C#Cc3cccc(C4=CC=CC4)c3)cc(c1OCCC)C2. The van der Waals surface area contributed by atoms with Crippen LogP contribution in [0.2, 0.25) is 0 Å². The summed E-state index contributed by atoms with van der Waals surface area (Å²) in [5.74, 6) is 32.6. The highest BCUT2D eigenvalue weighted by atomic mass is 16.5. The second kappa shape index (κ2) is 30.9. The van der Waals surface area contributed by atoms with Crippen molar-refractivity contribution < 1.29 is 18.9 Å². The maximum absolute atomic E-state index is 7.15. The Morgan fingerprint density at radius 2 is 0.469 bits per heavy atom.